The normalized spacial score (nSPS) is 9.83. The third-order valence-electron chi connectivity index (χ3n) is 3.00. The number of hydrogen-bond donors (Lipinski definition) is 3. The van der Waals surface area contributed by atoms with E-state index in [1.165, 1.54) is 12.1 Å². The molecule has 0 aromatic heterocycles. The molecule has 0 aliphatic carbocycles. The van der Waals surface area contributed by atoms with E-state index in [1.54, 1.807) is 37.3 Å². The van der Waals surface area contributed by atoms with Crippen LogP contribution in [-0.2, 0) is 9.59 Å². The molecule has 0 saturated heterocycles. The molecular weight excluding hydrogens is 318 g/mol. The van der Waals surface area contributed by atoms with Gasteiger partial charge in [0.25, 0.3) is 5.91 Å². The summed E-state index contributed by atoms with van der Waals surface area (Å²) in [5.41, 5.74) is 5.85. The van der Waals surface area contributed by atoms with Crippen molar-refractivity contribution in [3.05, 3.63) is 64.7 Å². The van der Waals surface area contributed by atoms with Crippen molar-refractivity contribution >= 4 is 35.0 Å². The number of anilines is 1. The Morgan fingerprint density at radius 1 is 0.870 bits per heavy atom. The number of carbonyl (C=O) groups is 3. The predicted molar refractivity (Wildman–Crippen MR) is 86.9 cm³/mol. The summed E-state index contributed by atoms with van der Waals surface area (Å²) < 4.78 is 0. The Balaban J connectivity index is 1.89. The average molecular weight is 332 g/mol. The lowest BCUT2D eigenvalue weighted by Crippen LogP contribution is -2.46. The maximum atomic E-state index is 11.8. The molecule has 0 saturated carbocycles. The van der Waals surface area contributed by atoms with Gasteiger partial charge in [-0.2, -0.15) is 0 Å². The summed E-state index contributed by atoms with van der Waals surface area (Å²) in [6.45, 7) is 1.80. The zero-order chi connectivity index (χ0) is 16.8. The van der Waals surface area contributed by atoms with E-state index in [-0.39, 0.29) is 0 Å². The lowest BCUT2D eigenvalue weighted by Gasteiger charge is -2.09. The maximum Gasteiger partial charge on any atom is 0.328 e. The molecule has 0 spiro atoms. The van der Waals surface area contributed by atoms with Crippen LogP contribution in [0.2, 0.25) is 5.02 Å². The lowest BCUT2D eigenvalue weighted by molar-refractivity contribution is -0.136. The number of hydrazine groups is 1. The lowest BCUT2D eigenvalue weighted by atomic mass is 10.2. The van der Waals surface area contributed by atoms with Gasteiger partial charge in [-0.05, 0) is 42.8 Å². The smallest absolute Gasteiger partial charge is 0.317 e. The summed E-state index contributed by atoms with van der Waals surface area (Å²) in [6.07, 6.45) is 0. The largest absolute Gasteiger partial charge is 0.328 e. The molecule has 2 rings (SSSR count). The van der Waals surface area contributed by atoms with Crippen LogP contribution in [0.3, 0.4) is 0 Å². The van der Waals surface area contributed by atoms with Crippen molar-refractivity contribution in [3.8, 4) is 0 Å². The Kier molecular flexibility index (Phi) is 5.32. The van der Waals surface area contributed by atoms with Gasteiger partial charge in [-0.25, -0.2) is 0 Å². The van der Waals surface area contributed by atoms with Crippen molar-refractivity contribution in [1.82, 2.24) is 10.9 Å². The topological polar surface area (TPSA) is 87.3 Å². The predicted octanol–water partition coefficient (Wildman–Crippen LogP) is 2.05. The van der Waals surface area contributed by atoms with Gasteiger partial charge >= 0.3 is 11.8 Å². The van der Waals surface area contributed by atoms with E-state index in [0.717, 1.165) is 5.56 Å². The second kappa shape index (κ2) is 7.42. The Morgan fingerprint density at radius 2 is 1.52 bits per heavy atom. The summed E-state index contributed by atoms with van der Waals surface area (Å²) >= 11 is 5.72. The van der Waals surface area contributed by atoms with Crippen LogP contribution in [0, 0.1) is 6.92 Å². The molecular formula is C16H14ClN3O3. The van der Waals surface area contributed by atoms with Crippen molar-refractivity contribution < 1.29 is 14.4 Å². The van der Waals surface area contributed by atoms with E-state index in [2.05, 4.69) is 16.2 Å². The van der Waals surface area contributed by atoms with Gasteiger partial charge < -0.3 is 5.32 Å². The molecule has 3 amide bonds. The van der Waals surface area contributed by atoms with Gasteiger partial charge in [-0.3, -0.25) is 25.2 Å². The standard InChI is InChI=1S/C16H14ClN3O3/c1-10-4-2-3-5-13(10)18-15(22)16(23)20-19-14(21)11-6-8-12(17)9-7-11/h2-9H,1H3,(H,18,22)(H,19,21)(H,20,23). The van der Waals surface area contributed by atoms with Crippen molar-refractivity contribution in [2.45, 2.75) is 6.92 Å². The number of nitrogens with one attached hydrogen (secondary N) is 3. The van der Waals surface area contributed by atoms with Crippen LogP contribution in [0.4, 0.5) is 5.69 Å². The third-order valence-corrected chi connectivity index (χ3v) is 3.25. The molecule has 0 aliphatic heterocycles. The number of hydrogen-bond acceptors (Lipinski definition) is 3. The summed E-state index contributed by atoms with van der Waals surface area (Å²) in [5, 5.41) is 2.95. The molecule has 23 heavy (non-hydrogen) atoms. The van der Waals surface area contributed by atoms with Crippen LogP contribution in [0.1, 0.15) is 15.9 Å². The van der Waals surface area contributed by atoms with Gasteiger partial charge in [0.1, 0.15) is 0 Å². The SMILES string of the molecule is Cc1ccccc1NC(=O)C(=O)NNC(=O)c1ccc(Cl)cc1. The molecule has 118 valence electrons. The number of carbonyl (C=O) groups excluding carboxylic acids is 3. The van der Waals surface area contributed by atoms with Crippen LogP contribution < -0.4 is 16.2 Å². The van der Waals surface area contributed by atoms with Crippen molar-refractivity contribution in [1.29, 1.82) is 0 Å². The van der Waals surface area contributed by atoms with Gasteiger partial charge in [0.2, 0.25) is 0 Å². The summed E-state index contributed by atoms with van der Waals surface area (Å²) in [6, 6.07) is 13.1. The molecule has 0 radical (unpaired) electrons. The van der Waals surface area contributed by atoms with Gasteiger partial charge in [0, 0.05) is 16.3 Å². The van der Waals surface area contributed by atoms with E-state index >= 15 is 0 Å². The minimum Gasteiger partial charge on any atom is -0.317 e. The highest BCUT2D eigenvalue weighted by Crippen LogP contribution is 2.12. The number of benzene rings is 2. The minimum atomic E-state index is -0.976. The average Bonchev–Trinajstić information content (AvgIpc) is 2.55. The summed E-state index contributed by atoms with van der Waals surface area (Å²) in [5.74, 6) is -2.41. The monoisotopic (exact) mass is 331 g/mol. The van der Waals surface area contributed by atoms with Gasteiger partial charge in [-0.1, -0.05) is 29.8 Å². The minimum absolute atomic E-state index is 0.300. The van der Waals surface area contributed by atoms with Crippen LogP contribution >= 0.6 is 11.6 Å². The highest BCUT2D eigenvalue weighted by atomic mass is 35.5. The molecule has 0 fully saturated rings. The van der Waals surface area contributed by atoms with Crippen molar-refractivity contribution in [2.75, 3.05) is 5.32 Å². The van der Waals surface area contributed by atoms with E-state index in [9.17, 15) is 14.4 Å². The van der Waals surface area contributed by atoms with Crippen LogP contribution in [0.15, 0.2) is 48.5 Å². The third kappa shape index (κ3) is 4.55. The summed E-state index contributed by atoms with van der Waals surface area (Å²) in [4.78, 5) is 35.3. The van der Waals surface area contributed by atoms with E-state index in [4.69, 9.17) is 11.6 Å². The quantitative estimate of drug-likeness (QED) is 0.581. The van der Waals surface area contributed by atoms with Crippen molar-refractivity contribution in [3.63, 3.8) is 0 Å². The maximum absolute atomic E-state index is 11.8. The van der Waals surface area contributed by atoms with E-state index in [1.807, 2.05) is 6.07 Å². The van der Waals surface area contributed by atoms with Crippen LogP contribution in [-0.4, -0.2) is 17.7 Å². The summed E-state index contributed by atoms with van der Waals surface area (Å²) in [7, 11) is 0. The van der Waals surface area contributed by atoms with Crippen LogP contribution in [0.5, 0.6) is 0 Å². The van der Waals surface area contributed by atoms with E-state index < -0.39 is 17.7 Å². The fraction of sp³-hybridized carbons (Fsp3) is 0.0625. The number of halogens is 1. The molecule has 0 unspecified atom stereocenters. The zero-order valence-corrected chi connectivity index (χ0v) is 13.0. The Morgan fingerprint density at radius 3 is 2.17 bits per heavy atom. The zero-order valence-electron chi connectivity index (χ0n) is 12.2. The van der Waals surface area contributed by atoms with E-state index in [0.29, 0.717) is 16.3 Å². The fourth-order valence-corrected chi connectivity index (χ4v) is 1.86. The molecule has 2 aromatic carbocycles. The first kappa shape index (κ1) is 16.5. The fourth-order valence-electron chi connectivity index (χ4n) is 1.74. The first-order chi connectivity index (χ1) is 11.0. The second-order valence-corrected chi connectivity index (χ2v) is 5.12. The molecule has 0 heterocycles. The Hall–Kier alpha value is -2.86. The molecule has 0 aliphatic rings. The van der Waals surface area contributed by atoms with Gasteiger partial charge in [-0.15, -0.1) is 0 Å². The highest BCUT2D eigenvalue weighted by Gasteiger charge is 2.15. The Bertz CT molecular complexity index is 744. The van der Waals surface area contributed by atoms with Gasteiger partial charge in [0.15, 0.2) is 0 Å². The number of para-hydroxylation sites is 1. The second-order valence-electron chi connectivity index (χ2n) is 4.68. The number of aryl methyl sites for hydroxylation is 1. The van der Waals surface area contributed by atoms with Crippen molar-refractivity contribution in [2.24, 2.45) is 0 Å². The molecule has 3 N–H and O–H groups in total. The molecule has 0 bridgehead atoms. The number of rotatable bonds is 2. The van der Waals surface area contributed by atoms with Crippen LogP contribution in [0.25, 0.3) is 0 Å². The first-order valence-corrected chi connectivity index (χ1v) is 7.08. The molecule has 6 nitrogen and oxygen atoms in total. The first-order valence-electron chi connectivity index (χ1n) is 6.70. The molecule has 7 heteroatoms. The molecule has 0 atom stereocenters. The highest BCUT2D eigenvalue weighted by molar-refractivity contribution is 6.39. The molecule has 2 aromatic rings. The van der Waals surface area contributed by atoms with Gasteiger partial charge in [0.05, 0.1) is 0 Å². The Labute approximate surface area is 137 Å². The number of amides is 3.